The highest BCUT2D eigenvalue weighted by Gasteiger charge is 2.42. The van der Waals surface area contributed by atoms with Gasteiger partial charge >= 0.3 is 6.03 Å². The summed E-state index contributed by atoms with van der Waals surface area (Å²) in [7, 11) is 3.50. The van der Waals surface area contributed by atoms with Gasteiger partial charge in [-0.05, 0) is 18.4 Å². The lowest BCUT2D eigenvalue weighted by molar-refractivity contribution is -0.138. The lowest BCUT2D eigenvalue weighted by Crippen LogP contribution is -2.49. The number of hydrogen-bond acceptors (Lipinski definition) is 3. The van der Waals surface area contributed by atoms with Crippen molar-refractivity contribution in [3.05, 3.63) is 35.9 Å². The molecule has 0 aliphatic heterocycles. The molecular weight excluding hydrogens is 306 g/mol. The standard InChI is InChI=1S/C18H27N3O3/c1-21(2)16(23)18(10-6-7-11-18)13-19-17(24)20-15(12-22)14-8-4-3-5-9-14/h3-5,8-9,15,22H,6-7,10-13H2,1-2H3,(H2,19,20,24)/t15-/m1/s1. The molecule has 0 radical (unpaired) electrons. The summed E-state index contributed by atoms with van der Waals surface area (Å²) in [6.45, 7) is 0.141. The third-order valence-corrected chi connectivity index (χ3v) is 4.70. The van der Waals surface area contributed by atoms with E-state index in [4.69, 9.17) is 0 Å². The summed E-state index contributed by atoms with van der Waals surface area (Å²) in [6.07, 6.45) is 3.61. The summed E-state index contributed by atoms with van der Waals surface area (Å²) in [5.74, 6) is 0.0714. The number of rotatable bonds is 6. The Hall–Kier alpha value is -2.08. The number of hydrogen-bond donors (Lipinski definition) is 3. The number of nitrogens with zero attached hydrogens (tertiary/aromatic N) is 1. The number of amides is 3. The Kier molecular flexibility index (Phi) is 6.20. The number of nitrogens with one attached hydrogen (secondary N) is 2. The molecule has 3 amide bonds. The van der Waals surface area contributed by atoms with Crippen molar-refractivity contribution in [1.82, 2.24) is 15.5 Å². The molecule has 1 saturated carbocycles. The minimum Gasteiger partial charge on any atom is -0.394 e. The normalized spacial score (nSPS) is 17.1. The van der Waals surface area contributed by atoms with E-state index < -0.39 is 11.5 Å². The Bertz CT molecular complexity index is 554. The molecule has 6 nitrogen and oxygen atoms in total. The fraction of sp³-hybridized carbons (Fsp3) is 0.556. The SMILES string of the molecule is CN(C)C(=O)C1(CNC(=O)N[C@H](CO)c2ccccc2)CCCC1. The van der Waals surface area contributed by atoms with Crippen LogP contribution in [-0.4, -0.2) is 49.2 Å². The van der Waals surface area contributed by atoms with Crippen molar-refractivity contribution in [1.29, 1.82) is 0 Å². The first-order valence-corrected chi connectivity index (χ1v) is 8.40. The number of aliphatic hydroxyl groups excluding tert-OH is 1. The molecule has 1 aromatic rings. The van der Waals surface area contributed by atoms with Crippen molar-refractivity contribution in [3.8, 4) is 0 Å². The van der Waals surface area contributed by atoms with E-state index in [0.717, 1.165) is 31.2 Å². The Morgan fingerprint density at radius 2 is 1.83 bits per heavy atom. The number of carbonyl (C=O) groups is 2. The van der Waals surface area contributed by atoms with Crippen LogP contribution in [0.1, 0.15) is 37.3 Å². The molecule has 1 aliphatic rings. The van der Waals surface area contributed by atoms with Gasteiger partial charge in [0.2, 0.25) is 5.91 Å². The lowest BCUT2D eigenvalue weighted by atomic mass is 9.84. The van der Waals surface area contributed by atoms with Crippen LogP contribution in [0.4, 0.5) is 4.79 Å². The van der Waals surface area contributed by atoms with Gasteiger partial charge in [-0.15, -0.1) is 0 Å². The molecule has 24 heavy (non-hydrogen) atoms. The second kappa shape index (κ2) is 8.15. The molecule has 1 aromatic carbocycles. The zero-order chi connectivity index (χ0) is 17.6. The van der Waals surface area contributed by atoms with Gasteiger partial charge in [0.05, 0.1) is 18.1 Å². The smallest absolute Gasteiger partial charge is 0.315 e. The molecular formula is C18H27N3O3. The molecule has 0 spiro atoms. The molecule has 1 atom stereocenters. The molecule has 132 valence electrons. The summed E-state index contributed by atoms with van der Waals surface area (Å²) >= 11 is 0. The Balaban J connectivity index is 1.95. The Morgan fingerprint density at radius 3 is 2.38 bits per heavy atom. The second-order valence-corrected chi connectivity index (χ2v) is 6.66. The van der Waals surface area contributed by atoms with Crippen LogP contribution in [0.2, 0.25) is 0 Å². The first-order valence-electron chi connectivity index (χ1n) is 8.40. The van der Waals surface area contributed by atoms with Crippen LogP contribution in [-0.2, 0) is 4.79 Å². The molecule has 1 fully saturated rings. The van der Waals surface area contributed by atoms with Crippen molar-refractivity contribution in [2.75, 3.05) is 27.2 Å². The van der Waals surface area contributed by atoms with Crippen LogP contribution in [0.25, 0.3) is 0 Å². The predicted octanol–water partition coefficient (Wildman–Crippen LogP) is 1.67. The van der Waals surface area contributed by atoms with Crippen molar-refractivity contribution in [2.24, 2.45) is 5.41 Å². The van der Waals surface area contributed by atoms with Crippen LogP contribution in [0, 0.1) is 5.41 Å². The maximum absolute atomic E-state index is 12.5. The third-order valence-electron chi connectivity index (χ3n) is 4.70. The van der Waals surface area contributed by atoms with Gasteiger partial charge in [-0.25, -0.2) is 4.79 Å². The third kappa shape index (κ3) is 4.26. The number of aliphatic hydroxyl groups is 1. The van der Waals surface area contributed by atoms with E-state index in [-0.39, 0.29) is 18.5 Å². The van der Waals surface area contributed by atoms with Crippen LogP contribution in [0.15, 0.2) is 30.3 Å². The average molecular weight is 333 g/mol. The largest absolute Gasteiger partial charge is 0.394 e. The molecule has 0 aromatic heterocycles. The molecule has 0 unspecified atom stereocenters. The first kappa shape index (κ1) is 18.3. The van der Waals surface area contributed by atoms with Crippen molar-refractivity contribution in [3.63, 3.8) is 0 Å². The molecule has 0 saturated heterocycles. The number of carbonyl (C=O) groups excluding carboxylic acids is 2. The van der Waals surface area contributed by atoms with Crippen LogP contribution >= 0.6 is 0 Å². The van der Waals surface area contributed by atoms with Gasteiger partial charge in [-0.3, -0.25) is 4.79 Å². The van der Waals surface area contributed by atoms with Crippen molar-refractivity contribution in [2.45, 2.75) is 31.7 Å². The number of urea groups is 1. The fourth-order valence-electron chi connectivity index (χ4n) is 3.37. The molecule has 0 bridgehead atoms. The Labute approximate surface area is 143 Å². The Morgan fingerprint density at radius 1 is 1.21 bits per heavy atom. The van der Waals surface area contributed by atoms with Gasteiger partial charge in [0, 0.05) is 20.6 Å². The average Bonchev–Trinajstić information content (AvgIpc) is 3.08. The lowest BCUT2D eigenvalue weighted by Gasteiger charge is -2.31. The zero-order valence-electron chi connectivity index (χ0n) is 14.4. The summed E-state index contributed by atoms with van der Waals surface area (Å²) < 4.78 is 0. The van der Waals surface area contributed by atoms with Crippen molar-refractivity contribution < 1.29 is 14.7 Å². The maximum Gasteiger partial charge on any atom is 0.315 e. The minimum atomic E-state index is -0.498. The van der Waals surface area contributed by atoms with E-state index in [1.807, 2.05) is 30.3 Å². The summed E-state index contributed by atoms with van der Waals surface area (Å²) in [5, 5.41) is 15.1. The van der Waals surface area contributed by atoms with Gasteiger partial charge in [0.15, 0.2) is 0 Å². The summed E-state index contributed by atoms with van der Waals surface area (Å²) in [6, 6.07) is 8.49. The topological polar surface area (TPSA) is 81.7 Å². The summed E-state index contributed by atoms with van der Waals surface area (Å²) in [4.78, 5) is 26.3. The van der Waals surface area contributed by atoms with Crippen LogP contribution in [0.5, 0.6) is 0 Å². The van der Waals surface area contributed by atoms with Crippen molar-refractivity contribution >= 4 is 11.9 Å². The van der Waals surface area contributed by atoms with Gasteiger partial charge in [0.25, 0.3) is 0 Å². The second-order valence-electron chi connectivity index (χ2n) is 6.66. The highest BCUT2D eigenvalue weighted by molar-refractivity contribution is 5.84. The zero-order valence-corrected chi connectivity index (χ0v) is 14.4. The molecule has 3 N–H and O–H groups in total. The van der Waals surface area contributed by atoms with Gasteiger partial charge < -0.3 is 20.6 Å². The van der Waals surface area contributed by atoms with Crippen LogP contribution in [0.3, 0.4) is 0 Å². The van der Waals surface area contributed by atoms with E-state index in [2.05, 4.69) is 10.6 Å². The van der Waals surface area contributed by atoms with Gasteiger partial charge in [-0.1, -0.05) is 43.2 Å². The minimum absolute atomic E-state index is 0.0714. The predicted molar refractivity (Wildman–Crippen MR) is 92.4 cm³/mol. The first-order chi connectivity index (χ1) is 11.5. The van der Waals surface area contributed by atoms with E-state index in [9.17, 15) is 14.7 Å². The monoisotopic (exact) mass is 333 g/mol. The van der Waals surface area contributed by atoms with E-state index in [1.165, 1.54) is 0 Å². The van der Waals surface area contributed by atoms with E-state index in [0.29, 0.717) is 6.54 Å². The summed E-state index contributed by atoms with van der Waals surface area (Å²) in [5.41, 5.74) is 0.345. The highest BCUT2D eigenvalue weighted by Crippen LogP contribution is 2.38. The van der Waals surface area contributed by atoms with Gasteiger partial charge in [0.1, 0.15) is 0 Å². The van der Waals surface area contributed by atoms with Crippen LogP contribution < -0.4 is 10.6 Å². The van der Waals surface area contributed by atoms with E-state index in [1.54, 1.807) is 19.0 Å². The molecule has 0 heterocycles. The quantitative estimate of drug-likeness (QED) is 0.741. The molecule has 2 rings (SSSR count). The van der Waals surface area contributed by atoms with Gasteiger partial charge in [-0.2, -0.15) is 0 Å². The number of benzene rings is 1. The maximum atomic E-state index is 12.5. The van der Waals surface area contributed by atoms with E-state index >= 15 is 0 Å². The molecule has 1 aliphatic carbocycles. The fourth-order valence-corrected chi connectivity index (χ4v) is 3.37. The molecule has 6 heteroatoms. The highest BCUT2D eigenvalue weighted by atomic mass is 16.3.